The number of para-hydroxylation sites is 2. The van der Waals surface area contributed by atoms with Crippen LogP contribution in [0.25, 0.3) is 28.2 Å². The van der Waals surface area contributed by atoms with Crippen molar-refractivity contribution in [1.29, 1.82) is 0 Å². The normalized spacial score (nSPS) is 14.8. The first-order chi connectivity index (χ1) is 16.5. The van der Waals surface area contributed by atoms with Crippen LogP contribution in [-0.4, -0.2) is 31.7 Å². The van der Waals surface area contributed by atoms with E-state index < -0.39 is 7.82 Å². The summed E-state index contributed by atoms with van der Waals surface area (Å²) in [7, 11) is -0.550. The van der Waals surface area contributed by atoms with Crippen molar-refractivity contribution < 1.29 is 23.8 Å². The summed E-state index contributed by atoms with van der Waals surface area (Å²) in [5.74, 6) is 0. The second kappa shape index (κ2) is 9.40. The van der Waals surface area contributed by atoms with Gasteiger partial charge >= 0.3 is 0 Å². The van der Waals surface area contributed by atoms with E-state index in [1.807, 2.05) is 0 Å². The standard InChI is InChI=1S/C28H27N2.H3O4P/c1-28(2)23-15-9-11-17-25(23)29(3)26(28)19-18-22-21-14-8-10-16-24(21)30(4)27(22)20-12-6-5-7-13-20;1-5(2,3)4/h5-19H,1-4H3;(H3,1,2,3,4)/q+1;/p-1. The number of aromatic nitrogens is 1. The minimum absolute atomic E-state index is 0.0284. The number of phosphoric acid groups is 1. The smallest absolute Gasteiger partial charge is 0.262 e. The van der Waals surface area contributed by atoms with Gasteiger partial charge in [0.15, 0.2) is 5.71 Å². The maximum Gasteiger partial charge on any atom is 0.262 e. The van der Waals surface area contributed by atoms with Gasteiger partial charge in [-0.3, -0.25) is 4.57 Å². The average Bonchev–Trinajstić information content (AvgIpc) is 3.20. The minimum Gasteiger partial charge on any atom is -0.756 e. The third-order valence-corrected chi connectivity index (χ3v) is 6.54. The summed E-state index contributed by atoms with van der Waals surface area (Å²) in [4.78, 5) is 22.9. The zero-order valence-corrected chi connectivity index (χ0v) is 21.1. The largest absolute Gasteiger partial charge is 0.756 e. The Bertz CT molecular complexity index is 1490. The van der Waals surface area contributed by atoms with Gasteiger partial charge in [-0.15, -0.1) is 0 Å². The third-order valence-electron chi connectivity index (χ3n) is 6.54. The van der Waals surface area contributed by atoms with Crippen LogP contribution in [0.2, 0.25) is 0 Å². The number of benzene rings is 3. The van der Waals surface area contributed by atoms with Crippen molar-refractivity contribution in [3.63, 3.8) is 0 Å². The van der Waals surface area contributed by atoms with Gasteiger partial charge in [0.1, 0.15) is 7.05 Å². The molecule has 0 aliphatic carbocycles. The molecule has 35 heavy (non-hydrogen) atoms. The van der Waals surface area contributed by atoms with Gasteiger partial charge in [-0.05, 0) is 31.6 Å². The van der Waals surface area contributed by atoms with Crippen molar-refractivity contribution in [2.45, 2.75) is 19.3 Å². The number of allylic oxidation sites excluding steroid dienone is 1. The Kier molecular flexibility index (Phi) is 6.67. The molecular weight excluding hydrogens is 459 g/mol. The molecule has 1 aliphatic heterocycles. The van der Waals surface area contributed by atoms with Gasteiger partial charge in [-0.2, -0.15) is 4.58 Å². The maximum atomic E-state index is 8.77. The Morgan fingerprint density at radius 2 is 1.49 bits per heavy atom. The van der Waals surface area contributed by atoms with Crippen molar-refractivity contribution >= 4 is 36.2 Å². The van der Waals surface area contributed by atoms with E-state index in [2.05, 4.69) is 128 Å². The van der Waals surface area contributed by atoms with Gasteiger partial charge in [0.25, 0.3) is 7.82 Å². The van der Waals surface area contributed by atoms with Gasteiger partial charge < -0.3 is 19.2 Å². The van der Waals surface area contributed by atoms with Crippen molar-refractivity contribution in [2.24, 2.45) is 7.05 Å². The molecule has 0 atom stereocenters. The fourth-order valence-corrected chi connectivity index (χ4v) is 5.00. The van der Waals surface area contributed by atoms with Crippen molar-refractivity contribution in [3.05, 3.63) is 96.1 Å². The highest BCUT2D eigenvalue weighted by molar-refractivity contribution is 7.43. The lowest BCUT2D eigenvalue weighted by Gasteiger charge is -2.15. The Balaban J connectivity index is 0.000000527. The zero-order valence-electron chi connectivity index (χ0n) is 20.2. The molecule has 0 saturated heterocycles. The monoisotopic (exact) mass is 488 g/mol. The molecule has 0 bridgehead atoms. The summed E-state index contributed by atoms with van der Waals surface area (Å²) in [6.45, 7) is 4.63. The summed E-state index contributed by atoms with van der Waals surface area (Å²) in [6.07, 6.45) is 4.62. The van der Waals surface area contributed by atoms with E-state index in [1.165, 1.54) is 44.7 Å². The fraction of sp³-hybridized carbons (Fsp3) is 0.179. The summed E-state index contributed by atoms with van der Waals surface area (Å²) >= 11 is 0. The van der Waals surface area contributed by atoms with Crippen molar-refractivity contribution in [1.82, 2.24) is 4.57 Å². The van der Waals surface area contributed by atoms with E-state index >= 15 is 0 Å². The van der Waals surface area contributed by atoms with Crippen LogP contribution in [-0.2, 0) is 17.0 Å². The molecule has 0 unspecified atom stereocenters. The summed E-state index contributed by atoms with van der Waals surface area (Å²) in [5, 5.41) is 1.28. The number of hydrogen-bond acceptors (Lipinski definition) is 2. The van der Waals surface area contributed by atoms with Crippen LogP contribution >= 0.6 is 7.82 Å². The Morgan fingerprint density at radius 3 is 2.14 bits per heavy atom. The Labute approximate surface area is 205 Å². The molecule has 0 amide bonds. The molecule has 0 spiro atoms. The topological polar surface area (TPSA) is 88.5 Å². The van der Waals surface area contributed by atoms with Crippen LogP contribution in [0.3, 0.4) is 0 Å². The summed E-state index contributed by atoms with van der Waals surface area (Å²) < 4.78 is 13.4. The van der Waals surface area contributed by atoms with E-state index in [0.717, 1.165) is 0 Å². The van der Waals surface area contributed by atoms with Gasteiger partial charge in [0.2, 0.25) is 5.69 Å². The Hall–Kier alpha value is -3.28. The van der Waals surface area contributed by atoms with Gasteiger partial charge in [0, 0.05) is 41.2 Å². The van der Waals surface area contributed by atoms with Crippen LogP contribution in [0.5, 0.6) is 0 Å². The average molecular weight is 489 g/mol. The van der Waals surface area contributed by atoms with E-state index in [-0.39, 0.29) is 5.41 Å². The molecule has 4 aromatic rings. The first-order valence-corrected chi connectivity index (χ1v) is 12.8. The van der Waals surface area contributed by atoms with Gasteiger partial charge in [-0.1, -0.05) is 66.7 Å². The molecule has 1 aromatic heterocycles. The minimum atomic E-state index is -4.89. The highest BCUT2D eigenvalue weighted by Crippen LogP contribution is 2.40. The van der Waals surface area contributed by atoms with Gasteiger partial charge in [-0.25, -0.2) is 0 Å². The molecule has 7 heteroatoms. The molecule has 180 valence electrons. The molecule has 1 aliphatic rings. The predicted molar refractivity (Wildman–Crippen MR) is 140 cm³/mol. The second-order valence-electron chi connectivity index (χ2n) is 9.11. The van der Waals surface area contributed by atoms with Crippen LogP contribution in [0.4, 0.5) is 5.69 Å². The first kappa shape index (κ1) is 24.8. The summed E-state index contributed by atoms with van der Waals surface area (Å²) in [6, 6.07) is 28.1. The molecule has 3 aromatic carbocycles. The van der Waals surface area contributed by atoms with E-state index in [0.29, 0.717) is 0 Å². The quantitative estimate of drug-likeness (QED) is 0.314. The van der Waals surface area contributed by atoms with Crippen molar-refractivity contribution in [2.75, 3.05) is 7.05 Å². The molecule has 6 nitrogen and oxygen atoms in total. The molecule has 0 radical (unpaired) electrons. The lowest BCUT2D eigenvalue weighted by atomic mass is 9.81. The van der Waals surface area contributed by atoms with E-state index in [9.17, 15) is 0 Å². The molecule has 5 rings (SSSR count). The molecule has 2 heterocycles. The Morgan fingerprint density at radius 1 is 0.914 bits per heavy atom. The lowest BCUT2D eigenvalue weighted by molar-refractivity contribution is -0.401. The number of nitrogens with zero attached hydrogens (tertiary/aromatic N) is 2. The zero-order chi connectivity index (χ0) is 25.4. The predicted octanol–water partition coefficient (Wildman–Crippen LogP) is 5.00. The first-order valence-electron chi connectivity index (χ1n) is 11.3. The highest BCUT2D eigenvalue weighted by Gasteiger charge is 2.42. The summed E-state index contributed by atoms with van der Waals surface area (Å²) in [5.41, 5.74) is 8.98. The second-order valence-corrected chi connectivity index (χ2v) is 10.1. The van der Waals surface area contributed by atoms with E-state index in [1.54, 1.807) is 0 Å². The van der Waals surface area contributed by atoms with E-state index in [4.69, 9.17) is 19.2 Å². The van der Waals surface area contributed by atoms with Crippen LogP contribution in [0, 0.1) is 0 Å². The molecule has 0 saturated carbocycles. The maximum absolute atomic E-state index is 8.77. The van der Waals surface area contributed by atoms with Gasteiger partial charge in [0.05, 0.1) is 11.1 Å². The fourth-order valence-electron chi connectivity index (χ4n) is 5.00. The lowest BCUT2D eigenvalue weighted by Crippen LogP contribution is -2.26. The van der Waals surface area contributed by atoms with Crippen LogP contribution in [0.1, 0.15) is 25.0 Å². The molecule has 2 N–H and O–H groups in total. The number of fused-ring (bicyclic) bond motifs is 2. The number of rotatable bonds is 3. The number of hydrogen-bond donors (Lipinski definition) is 2. The molecular formula is C28H29N2O4P. The SMILES string of the molecule is Cn1c(-c2ccccc2)c(/C=C/C2=[N+](C)c3ccccc3C2(C)C)c2ccccc21.O=P([O-])(O)O. The van der Waals surface area contributed by atoms with Crippen LogP contribution in [0.15, 0.2) is 84.9 Å². The highest BCUT2D eigenvalue weighted by atomic mass is 31.2. The van der Waals surface area contributed by atoms with Crippen LogP contribution < -0.4 is 4.89 Å². The van der Waals surface area contributed by atoms with Crippen molar-refractivity contribution in [3.8, 4) is 11.3 Å². The number of aryl methyl sites for hydroxylation is 1. The third kappa shape index (κ3) is 4.93. The molecule has 0 fully saturated rings.